The molecule has 1 atom stereocenters. The molecule has 1 aromatic rings. The van der Waals surface area contributed by atoms with Gasteiger partial charge < -0.3 is 24.4 Å². The molecule has 0 bridgehead atoms. The lowest BCUT2D eigenvalue weighted by Crippen LogP contribution is -2.52. The summed E-state index contributed by atoms with van der Waals surface area (Å²) >= 11 is 0. The number of benzene rings is 1. The summed E-state index contributed by atoms with van der Waals surface area (Å²) < 4.78 is 56.7. The number of halogens is 3. The molecule has 0 amide bonds. The highest BCUT2D eigenvalue weighted by molar-refractivity contribution is 5.76. The lowest BCUT2D eigenvalue weighted by Gasteiger charge is -2.46. The van der Waals surface area contributed by atoms with Crippen LogP contribution in [0.25, 0.3) is 0 Å². The number of piperazine rings is 1. The van der Waals surface area contributed by atoms with Crippen LogP contribution in [0.15, 0.2) is 18.2 Å². The van der Waals surface area contributed by atoms with E-state index in [1.165, 1.54) is 6.07 Å². The normalized spacial score (nSPS) is 19.9. The zero-order valence-electron chi connectivity index (χ0n) is 22.9. The van der Waals surface area contributed by atoms with Gasteiger partial charge in [0.25, 0.3) is 0 Å². The number of alkyl halides is 3. The Kier molecular flexibility index (Phi) is 9.78. The first-order valence-corrected chi connectivity index (χ1v) is 13.5. The smallest absolute Gasteiger partial charge is 0.489 e. The summed E-state index contributed by atoms with van der Waals surface area (Å²) in [7, 11) is 0. The highest BCUT2D eigenvalue weighted by Gasteiger charge is 2.47. The van der Waals surface area contributed by atoms with Gasteiger partial charge in [0.15, 0.2) is 11.5 Å². The first-order chi connectivity index (χ1) is 17.3. The number of hydrogen-bond acceptors (Lipinski definition) is 6. The molecule has 3 rings (SSSR count). The molecule has 2 aliphatic rings. The number of carbonyl (C=O) groups is 1. The predicted molar refractivity (Wildman–Crippen MR) is 137 cm³/mol. The maximum Gasteiger partial charge on any atom is 0.573 e. The summed E-state index contributed by atoms with van der Waals surface area (Å²) in [6.07, 6.45) is -0.670. The van der Waals surface area contributed by atoms with Crippen molar-refractivity contribution in [2.24, 2.45) is 11.3 Å². The van der Waals surface area contributed by atoms with Crippen LogP contribution in [0.2, 0.25) is 0 Å². The van der Waals surface area contributed by atoms with Gasteiger partial charge in [-0.3, -0.25) is 4.79 Å². The molecule has 9 heteroatoms. The van der Waals surface area contributed by atoms with Crippen LogP contribution in [0, 0.1) is 11.3 Å². The molecule has 210 valence electrons. The first kappa shape index (κ1) is 29.6. The van der Waals surface area contributed by atoms with Crippen LogP contribution in [0.3, 0.4) is 0 Å². The van der Waals surface area contributed by atoms with Crippen LogP contribution in [0.4, 0.5) is 13.2 Å². The quantitative estimate of drug-likeness (QED) is 0.403. The van der Waals surface area contributed by atoms with E-state index >= 15 is 0 Å². The predicted octanol–water partition coefficient (Wildman–Crippen LogP) is 5.90. The van der Waals surface area contributed by atoms with E-state index in [4.69, 9.17) is 9.47 Å². The molecule has 1 unspecified atom stereocenters. The Balaban J connectivity index is 2.06. The van der Waals surface area contributed by atoms with Crippen molar-refractivity contribution in [2.45, 2.75) is 84.6 Å². The minimum absolute atomic E-state index is 0.0556. The van der Waals surface area contributed by atoms with Gasteiger partial charge in [0.1, 0.15) is 5.60 Å². The molecule has 0 spiro atoms. The van der Waals surface area contributed by atoms with Crippen molar-refractivity contribution in [3.63, 3.8) is 0 Å². The standard InChI is InChI=1S/C28H43F3N2O4/c1-20(2)19-35-23-10-9-21(17-24(23)36-28(29,30)31)22(18-33-15-13-32-14-16-33)27(11-7-6-8-12-27)37-25(34)26(3,4)5/h9-10,17,20,22,32H,6-8,11-16,18-19H2,1-5H3. The van der Waals surface area contributed by atoms with Gasteiger partial charge in [-0.25, -0.2) is 0 Å². The third kappa shape index (κ3) is 8.50. The van der Waals surface area contributed by atoms with Crippen molar-refractivity contribution in [3.8, 4) is 11.5 Å². The van der Waals surface area contributed by atoms with Crippen molar-refractivity contribution in [1.29, 1.82) is 0 Å². The number of rotatable bonds is 9. The van der Waals surface area contributed by atoms with Gasteiger partial charge >= 0.3 is 12.3 Å². The molecular weight excluding hydrogens is 485 g/mol. The minimum Gasteiger partial charge on any atom is -0.489 e. The van der Waals surface area contributed by atoms with Gasteiger partial charge in [0.2, 0.25) is 0 Å². The second kappa shape index (κ2) is 12.2. The van der Waals surface area contributed by atoms with E-state index in [1.54, 1.807) is 6.07 Å². The van der Waals surface area contributed by atoms with E-state index in [-0.39, 0.29) is 35.9 Å². The van der Waals surface area contributed by atoms with E-state index in [2.05, 4.69) is 15.0 Å². The Morgan fingerprint density at radius 3 is 2.27 bits per heavy atom. The average Bonchev–Trinajstić information content (AvgIpc) is 2.81. The summed E-state index contributed by atoms with van der Waals surface area (Å²) in [5.74, 6) is -0.763. The van der Waals surface area contributed by atoms with Gasteiger partial charge in [-0.15, -0.1) is 13.2 Å². The summed E-state index contributed by atoms with van der Waals surface area (Å²) in [5.41, 5.74) is -0.829. The zero-order chi connectivity index (χ0) is 27.3. The molecule has 37 heavy (non-hydrogen) atoms. The van der Waals surface area contributed by atoms with Crippen LogP contribution in [0.1, 0.15) is 78.2 Å². The van der Waals surface area contributed by atoms with Gasteiger partial charge in [-0.05, 0) is 70.1 Å². The Hall–Kier alpha value is -2.00. The number of nitrogens with one attached hydrogen (secondary N) is 1. The molecule has 0 radical (unpaired) electrons. The third-order valence-electron chi connectivity index (χ3n) is 7.06. The van der Waals surface area contributed by atoms with E-state index in [9.17, 15) is 18.0 Å². The van der Waals surface area contributed by atoms with Crippen LogP contribution >= 0.6 is 0 Å². The molecule has 1 aromatic carbocycles. The molecule has 6 nitrogen and oxygen atoms in total. The summed E-state index contributed by atoms with van der Waals surface area (Å²) in [4.78, 5) is 15.5. The second-order valence-corrected chi connectivity index (χ2v) is 11.8. The summed E-state index contributed by atoms with van der Waals surface area (Å²) in [6.45, 7) is 13.5. The third-order valence-corrected chi connectivity index (χ3v) is 7.06. The molecule has 1 N–H and O–H groups in total. The van der Waals surface area contributed by atoms with E-state index in [0.29, 0.717) is 24.9 Å². The number of ether oxygens (including phenoxy) is 3. The van der Waals surface area contributed by atoms with Crippen molar-refractivity contribution in [2.75, 3.05) is 39.3 Å². The van der Waals surface area contributed by atoms with E-state index < -0.39 is 17.4 Å². The Morgan fingerprint density at radius 2 is 1.70 bits per heavy atom. The lowest BCUT2D eigenvalue weighted by molar-refractivity contribution is -0.275. The van der Waals surface area contributed by atoms with Crippen molar-refractivity contribution in [3.05, 3.63) is 23.8 Å². The van der Waals surface area contributed by atoms with Crippen LogP contribution in [0.5, 0.6) is 11.5 Å². The maximum atomic E-state index is 13.4. The van der Waals surface area contributed by atoms with Gasteiger partial charge in [0.05, 0.1) is 12.0 Å². The van der Waals surface area contributed by atoms with Crippen molar-refractivity contribution >= 4 is 5.97 Å². The van der Waals surface area contributed by atoms with Crippen LogP contribution in [-0.2, 0) is 9.53 Å². The fourth-order valence-electron chi connectivity index (χ4n) is 5.06. The Morgan fingerprint density at radius 1 is 1.05 bits per heavy atom. The maximum absolute atomic E-state index is 13.4. The minimum atomic E-state index is -4.86. The summed E-state index contributed by atoms with van der Waals surface area (Å²) in [5, 5.41) is 3.35. The highest BCUT2D eigenvalue weighted by atomic mass is 19.4. The fraction of sp³-hybridized carbons (Fsp3) is 0.750. The average molecular weight is 529 g/mol. The Bertz CT molecular complexity index is 886. The van der Waals surface area contributed by atoms with E-state index in [0.717, 1.165) is 45.4 Å². The second-order valence-electron chi connectivity index (χ2n) is 11.8. The van der Waals surface area contributed by atoms with Gasteiger partial charge in [-0.2, -0.15) is 0 Å². The van der Waals surface area contributed by atoms with Crippen LogP contribution in [-0.4, -0.2) is 62.2 Å². The zero-order valence-corrected chi connectivity index (χ0v) is 22.9. The molecule has 1 aliphatic carbocycles. The molecule has 1 heterocycles. The Labute approximate surface area is 219 Å². The van der Waals surface area contributed by atoms with Crippen molar-refractivity contribution in [1.82, 2.24) is 10.2 Å². The van der Waals surface area contributed by atoms with E-state index in [1.807, 2.05) is 40.7 Å². The lowest BCUT2D eigenvalue weighted by atomic mass is 9.72. The molecule has 1 aliphatic heterocycles. The van der Waals surface area contributed by atoms with Gasteiger partial charge in [-0.1, -0.05) is 26.3 Å². The number of hydrogen-bond donors (Lipinski definition) is 1. The number of carbonyl (C=O) groups excluding carboxylic acids is 1. The topological polar surface area (TPSA) is 60.0 Å². The van der Waals surface area contributed by atoms with Crippen molar-refractivity contribution < 1.29 is 32.2 Å². The molecular formula is C28H43F3N2O4. The molecule has 2 fully saturated rings. The highest BCUT2D eigenvalue weighted by Crippen LogP contribution is 2.46. The van der Waals surface area contributed by atoms with Gasteiger partial charge in [0, 0.05) is 38.6 Å². The van der Waals surface area contributed by atoms with Crippen LogP contribution < -0.4 is 14.8 Å². The largest absolute Gasteiger partial charge is 0.573 e. The summed E-state index contributed by atoms with van der Waals surface area (Å²) in [6, 6.07) is 4.82. The fourth-order valence-corrected chi connectivity index (χ4v) is 5.06. The molecule has 1 saturated carbocycles. The number of nitrogens with zero attached hydrogens (tertiary/aromatic N) is 1. The first-order valence-electron chi connectivity index (χ1n) is 13.5. The monoisotopic (exact) mass is 528 g/mol. The SMILES string of the molecule is CC(C)COc1ccc(C(CN2CCNCC2)C2(OC(=O)C(C)(C)C)CCCCC2)cc1OC(F)(F)F. The molecule has 0 aromatic heterocycles. The number of esters is 1. The molecule has 1 saturated heterocycles.